The van der Waals surface area contributed by atoms with Gasteiger partial charge >= 0.3 is 0 Å². The maximum Gasteiger partial charge on any atom is 0.245 e. The number of thioether (sulfide) groups is 1. The number of hydrogen-bond acceptors (Lipinski definition) is 3. The van der Waals surface area contributed by atoms with E-state index in [0.717, 1.165) is 18.6 Å². The molecule has 1 saturated carbocycles. The van der Waals surface area contributed by atoms with Crippen molar-refractivity contribution in [1.82, 2.24) is 10.2 Å². The van der Waals surface area contributed by atoms with Crippen molar-refractivity contribution in [3.05, 3.63) is 0 Å². The third-order valence-electron chi connectivity index (χ3n) is 4.25. The van der Waals surface area contributed by atoms with Crippen molar-refractivity contribution >= 4 is 23.6 Å². The Bertz CT molecular complexity index is 342. The normalized spacial score (nSPS) is 29.5. The number of nitrogens with zero attached hydrogens (tertiary/aromatic N) is 1. The van der Waals surface area contributed by atoms with E-state index in [2.05, 4.69) is 5.32 Å². The molecule has 5 heteroatoms. The Morgan fingerprint density at radius 2 is 1.95 bits per heavy atom. The Labute approximate surface area is 119 Å². The van der Waals surface area contributed by atoms with Gasteiger partial charge in [-0.05, 0) is 31.9 Å². The highest BCUT2D eigenvalue weighted by Gasteiger charge is 2.42. The van der Waals surface area contributed by atoms with Crippen LogP contribution in [0, 0.1) is 5.92 Å². The quantitative estimate of drug-likeness (QED) is 0.854. The van der Waals surface area contributed by atoms with Crippen LogP contribution in [0.15, 0.2) is 0 Å². The first-order chi connectivity index (χ1) is 9.15. The van der Waals surface area contributed by atoms with E-state index >= 15 is 0 Å². The SMILES string of the molecule is CSCCN1C(=O)C(C)NC(=O)C1C1CCCCC1. The highest BCUT2D eigenvalue weighted by molar-refractivity contribution is 7.98. The van der Waals surface area contributed by atoms with Gasteiger partial charge in [0.1, 0.15) is 12.1 Å². The summed E-state index contributed by atoms with van der Waals surface area (Å²) in [5.74, 6) is 1.39. The molecule has 2 aliphatic rings. The number of amides is 2. The summed E-state index contributed by atoms with van der Waals surface area (Å²) in [4.78, 5) is 26.5. The van der Waals surface area contributed by atoms with Crippen molar-refractivity contribution in [3.8, 4) is 0 Å². The summed E-state index contributed by atoms with van der Waals surface area (Å²) >= 11 is 1.72. The van der Waals surface area contributed by atoms with Crippen LogP contribution < -0.4 is 5.32 Å². The monoisotopic (exact) mass is 284 g/mol. The van der Waals surface area contributed by atoms with E-state index in [-0.39, 0.29) is 23.9 Å². The first kappa shape index (κ1) is 14.7. The van der Waals surface area contributed by atoms with Crippen molar-refractivity contribution in [2.75, 3.05) is 18.6 Å². The van der Waals surface area contributed by atoms with Gasteiger partial charge in [0.25, 0.3) is 0 Å². The molecule has 2 atom stereocenters. The molecule has 0 aromatic carbocycles. The lowest BCUT2D eigenvalue weighted by molar-refractivity contribution is -0.151. The zero-order valence-electron chi connectivity index (χ0n) is 11.9. The molecule has 1 aliphatic heterocycles. The largest absolute Gasteiger partial charge is 0.343 e. The second kappa shape index (κ2) is 6.64. The number of carbonyl (C=O) groups excluding carboxylic acids is 2. The van der Waals surface area contributed by atoms with Crippen LogP contribution >= 0.6 is 11.8 Å². The van der Waals surface area contributed by atoms with Crippen LogP contribution in [-0.2, 0) is 9.59 Å². The van der Waals surface area contributed by atoms with Crippen LogP contribution in [0.25, 0.3) is 0 Å². The van der Waals surface area contributed by atoms with Gasteiger partial charge in [0.05, 0.1) is 0 Å². The molecule has 1 saturated heterocycles. The molecular weight excluding hydrogens is 260 g/mol. The van der Waals surface area contributed by atoms with Crippen molar-refractivity contribution in [3.63, 3.8) is 0 Å². The van der Waals surface area contributed by atoms with Crippen LogP contribution in [0.4, 0.5) is 0 Å². The third-order valence-corrected chi connectivity index (χ3v) is 4.84. The summed E-state index contributed by atoms with van der Waals surface area (Å²) in [5, 5.41) is 2.85. The molecule has 0 aromatic rings. The van der Waals surface area contributed by atoms with E-state index in [1.165, 1.54) is 19.3 Å². The molecule has 2 unspecified atom stereocenters. The number of nitrogens with one attached hydrogen (secondary N) is 1. The van der Waals surface area contributed by atoms with Gasteiger partial charge in [-0.1, -0.05) is 19.3 Å². The molecule has 4 nitrogen and oxygen atoms in total. The van der Waals surface area contributed by atoms with Crippen LogP contribution in [-0.4, -0.2) is 47.4 Å². The van der Waals surface area contributed by atoms with Crippen molar-refractivity contribution in [2.45, 2.75) is 51.1 Å². The summed E-state index contributed by atoms with van der Waals surface area (Å²) in [6, 6.07) is -0.592. The molecule has 2 rings (SSSR count). The van der Waals surface area contributed by atoms with Crippen molar-refractivity contribution in [2.24, 2.45) is 5.92 Å². The van der Waals surface area contributed by atoms with Crippen molar-refractivity contribution in [1.29, 1.82) is 0 Å². The zero-order valence-corrected chi connectivity index (χ0v) is 12.7. The molecule has 1 N–H and O–H groups in total. The summed E-state index contributed by atoms with van der Waals surface area (Å²) in [7, 11) is 0. The molecule has 0 aromatic heterocycles. The smallest absolute Gasteiger partial charge is 0.245 e. The van der Waals surface area contributed by atoms with Crippen LogP contribution in [0.5, 0.6) is 0 Å². The average Bonchev–Trinajstić information content (AvgIpc) is 2.42. The Balaban J connectivity index is 2.14. The van der Waals surface area contributed by atoms with E-state index in [1.807, 2.05) is 11.2 Å². The second-order valence-electron chi connectivity index (χ2n) is 5.60. The standard InChI is InChI=1S/C14H24N2O2S/c1-10-14(18)16(8-9-19-2)12(13(17)15-10)11-6-4-3-5-7-11/h10-12H,3-9H2,1-2H3,(H,15,17). The lowest BCUT2D eigenvalue weighted by atomic mass is 9.81. The topological polar surface area (TPSA) is 49.4 Å². The summed E-state index contributed by atoms with van der Waals surface area (Å²) in [6.07, 6.45) is 7.84. The van der Waals surface area contributed by atoms with E-state index in [0.29, 0.717) is 12.5 Å². The first-order valence-corrected chi connectivity index (χ1v) is 8.64. The zero-order chi connectivity index (χ0) is 13.8. The third kappa shape index (κ3) is 3.25. The predicted molar refractivity (Wildman–Crippen MR) is 78.1 cm³/mol. The Morgan fingerprint density at radius 3 is 2.58 bits per heavy atom. The minimum Gasteiger partial charge on any atom is -0.343 e. The lowest BCUT2D eigenvalue weighted by Gasteiger charge is -2.42. The van der Waals surface area contributed by atoms with Crippen LogP contribution in [0.3, 0.4) is 0 Å². The van der Waals surface area contributed by atoms with Gasteiger partial charge in [-0.15, -0.1) is 0 Å². The number of piperazine rings is 1. The molecule has 0 bridgehead atoms. The van der Waals surface area contributed by atoms with E-state index in [1.54, 1.807) is 18.7 Å². The number of carbonyl (C=O) groups is 2. The lowest BCUT2D eigenvalue weighted by Crippen LogP contribution is -2.65. The number of rotatable bonds is 4. The maximum absolute atomic E-state index is 12.3. The molecular formula is C14H24N2O2S. The van der Waals surface area contributed by atoms with Gasteiger partial charge in [0.2, 0.25) is 11.8 Å². The van der Waals surface area contributed by atoms with Crippen LogP contribution in [0.2, 0.25) is 0 Å². The molecule has 0 spiro atoms. The summed E-state index contributed by atoms with van der Waals surface area (Å²) < 4.78 is 0. The molecule has 1 heterocycles. The van der Waals surface area contributed by atoms with E-state index in [9.17, 15) is 9.59 Å². The molecule has 2 amide bonds. The molecule has 0 radical (unpaired) electrons. The maximum atomic E-state index is 12.3. The number of hydrogen-bond donors (Lipinski definition) is 1. The fourth-order valence-corrected chi connectivity index (χ4v) is 3.62. The molecule has 108 valence electrons. The molecule has 1 aliphatic carbocycles. The Morgan fingerprint density at radius 1 is 1.26 bits per heavy atom. The highest BCUT2D eigenvalue weighted by Crippen LogP contribution is 2.31. The first-order valence-electron chi connectivity index (χ1n) is 7.25. The van der Waals surface area contributed by atoms with Gasteiger partial charge in [-0.2, -0.15) is 11.8 Å². The fraction of sp³-hybridized carbons (Fsp3) is 0.857. The summed E-state index contributed by atoms with van der Waals surface area (Å²) in [6.45, 7) is 2.47. The minimum absolute atomic E-state index is 0.0557. The highest BCUT2D eigenvalue weighted by atomic mass is 32.2. The predicted octanol–water partition coefficient (Wildman–Crippen LogP) is 1.65. The van der Waals surface area contributed by atoms with Gasteiger partial charge in [0, 0.05) is 12.3 Å². The molecule has 19 heavy (non-hydrogen) atoms. The van der Waals surface area contributed by atoms with Gasteiger partial charge in [-0.25, -0.2) is 0 Å². The molecule has 2 fully saturated rings. The van der Waals surface area contributed by atoms with E-state index < -0.39 is 0 Å². The average molecular weight is 284 g/mol. The van der Waals surface area contributed by atoms with Crippen molar-refractivity contribution < 1.29 is 9.59 Å². The minimum atomic E-state index is -0.366. The Kier molecular flexibility index (Phi) is 5.13. The van der Waals surface area contributed by atoms with Crippen LogP contribution in [0.1, 0.15) is 39.0 Å². The van der Waals surface area contributed by atoms with Gasteiger partial charge < -0.3 is 10.2 Å². The Hall–Kier alpha value is -0.710. The second-order valence-corrected chi connectivity index (χ2v) is 6.58. The summed E-state index contributed by atoms with van der Waals surface area (Å²) in [5.41, 5.74) is 0. The van der Waals surface area contributed by atoms with Gasteiger partial charge in [0.15, 0.2) is 0 Å². The fourth-order valence-electron chi connectivity index (χ4n) is 3.25. The van der Waals surface area contributed by atoms with Gasteiger partial charge in [-0.3, -0.25) is 9.59 Å². The van der Waals surface area contributed by atoms with E-state index in [4.69, 9.17) is 0 Å².